The number of anilines is 1. The van der Waals surface area contributed by atoms with E-state index in [1.807, 2.05) is 30.3 Å². The topological polar surface area (TPSA) is 91.6 Å². The average molecular weight is 315 g/mol. The number of benzene rings is 1. The molecule has 2 heterocycles. The molecule has 1 aliphatic rings. The lowest BCUT2D eigenvalue weighted by Gasteiger charge is -2.18. The maximum Gasteiger partial charge on any atom is 0.325 e. The summed E-state index contributed by atoms with van der Waals surface area (Å²) in [6, 6.07) is 9.24. The van der Waals surface area contributed by atoms with Crippen molar-refractivity contribution in [3.8, 4) is 0 Å². The molecule has 3 rings (SSSR count). The van der Waals surface area contributed by atoms with Crippen molar-refractivity contribution in [2.75, 3.05) is 24.5 Å². The number of amides is 3. The van der Waals surface area contributed by atoms with Crippen molar-refractivity contribution < 1.29 is 14.0 Å². The smallest absolute Gasteiger partial charge is 0.325 e. The lowest BCUT2D eigenvalue weighted by atomic mass is 10.3. The largest absolute Gasteiger partial charge is 0.424 e. The fraction of sp³-hybridized carbons (Fsp3) is 0.333. The molecule has 8 nitrogen and oxygen atoms in total. The van der Waals surface area contributed by atoms with Crippen LogP contribution in [0.1, 0.15) is 11.8 Å². The first-order chi connectivity index (χ1) is 11.1. The Labute approximate surface area is 133 Å². The number of carbonyl (C=O) groups excluding carboxylic acids is 2. The summed E-state index contributed by atoms with van der Waals surface area (Å²) in [5.74, 6) is 0.529. The molecule has 0 saturated carbocycles. The molecule has 120 valence electrons. The normalized spacial score (nSPS) is 14.4. The summed E-state index contributed by atoms with van der Waals surface area (Å²) in [5.41, 5.74) is 0.835. The molecule has 1 saturated heterocycles. The highest BCUT2D eigenvalue weighted by atomic mass is 16.4. The number of nitrogens with one attached hydrogen (secondary N) is 1. The minimum atomic E-state index is -0.260. The molecule has 1 aliphatic heterocycles. The zero-order valence-corrected chi connectivity index (χ0v) is 12.7. The quantitative estimate of drug-likeness (QED) is 0.886. The van der Waals surface area contributed by atoms with Crippen LogP contribution >= 0.6 is 0 Å². The number of aromatic nitrogens is 2. The minimum absolute atomic E-state index is 0.00921. The number of aryl methyl sites for hydroxylation is 1. The third-order valence-electron chi connectivity index (χ3n) is 3.50. The highest BCUT2D eigenvalue weighted by Gasteiger charge is 2.30. The van der Waals surface area contributed by atoms with Gasteiger partial charge in [0.05, 0.1) is 6.54 Å². The first-order valence-electron chi connectivity index (χ1n) is 7.30. The molecule has 1 N–H and O–H groups in total. The molecule has 0 unspecified atom stereocenters. The molecule has 0 spiro atoms. The second-order valence-electron chi connectivity index (χ2n) is 5.18. The van der Waals surface area contributed by atoms with Gasteiger partial charge < -0.3 is 14.6 Å². The summed E-state index contributed by atoms with van der Waals surface area (Å²) in [5, 5.41) is 10.1. The third-order valence-corrected chi connectivity index (χ3v) is 3.50. The third kappa shape index (κ3) is 3.47. The molecule has 0 radical (unpaired) electrons. The summed E-state index contributed by atoms with van der Waals surface area (Å²) in [6.45, 7) is 2.93. The molecule has 23 heavy (non-hydrogen) atoms. The van der Waals surface area contributed by atoms with Crippen LogP contribution in [-0.2, 0) is 11.3 Å². The number of nitrogens with zero attached hydrogens (tertiary/aromatic N) is 4. The second-order valence-corrected chi connectivity index (χ2v) is 5.18. The van der Waals surface area contributed by atoms with Gasteiger partial charge in [-0.15, -0.1) is 10.2 Å². The minimum Gasteiger partial charge on any atom is -0.424 e. The van der Waals surface area contributed by atoms with Gasteiger partial charge in [0.2, 0.25) is 17.7 Å². The molecule has 0 bridgehead atoms. The van der Waals surface area contributed by atoms with Crippen molar-refractivity contribution in [3.63, 3.8) is 0 Å². The first-order valence-corrected chi connectivity index (χ1v) is 7.30. The van der Waals surface area contributed by atoms with Crippen LogP contribution in [0.4, 0.5) is 10.5 Å². The number of hydrogen-bond donors (Lipinski definition) is 1. The van der Waals surface area contributed by atoms with Gasteiger partial charge in [0.15, 0.2) is 0 Å². The molecule has 1 fully saturated rings. The highest BCUT2D eigenvalue weighted by Crippen LogP contribution is 2.19. The Morgan fingerprint density at radius 2 is 2.04 bits per heavy atom. The lowest BCUT2D eigenvalue weighted by Crippen LogP contribution is -2.39. The number of para-hydroxylation sites is 1. The van der Waals surface area contributed by atoms with E-state index in [4.69, 9.17) is 4.42 Å². The molecule has 1 aromatic carbocycles. The van der Waals surface area contributed by atoms with Gasteiger partial charge in [-0.2, -0.15) is 0 Å². The van der Waals surface area contributed by atoms with E-state index in [2.05, 4.69) is 15.5 Å². The van der Waals surface area contributed by atoms with Crippen LogP contribution in [0.2, 0.25) is 0 Å². The number of urea groups is 1. The molecule has 8 heteroatoms. The van der Waals surface area contributed by atoms with Gasteiger partial charge in [-0.3, -0.25) is 9.69 Å². The van der Waals surface area contributed by atoms with Crippen LogP contribution in [-0.4, -0.2) is 46.7 Å². The van der Waals surface area contributed by atoms with Gasteiger partial charge in [-0.05, 0) is 12.1 Å². The summed E-state index contributed by atoms with van der Waals surface area (Å²) < 4.78 is 5.17. The first kappa shape index (κ1) is 15.0. The number of hydrogen-bond acceptors (Lipinski definition) is 5. The van der Waals surface area contributed by atoms with Gasteiger partial charge in [-0.1, -0.05) is 18.2 Å². The SMILES string of the molecule is Cc1nnc(CNC(=O)CN2CCN(c3ccccc3)C2=O)o1. The van der Waals surface area contributed by atoms with E-state index >= 15 is 0 Å². The zero-order chi connectivity index (χ0) is 16.2. The Kier molecular flexibility index (Phi) is 4.22. The highest BCUT2D eigenvalue weighted by molar-refractivity contribution is 5.96. The van der Waals surface area contributed by atoms with Crippen molar-refractivity contribution in [2.24, 2.45) is 0 Å². The Morgan fingerprint density at radius 3 is 2.74 bits per heavy atom. The van der Waals surface area contributed by atoms with E-state index in [0.717, 1.165) is 5.69 Å². The van der Waals surface area contributed by atoms with E-state index in [-0.39, 0.29) is 25.0 Å². The van der Waals surface area contributed by atoms with E-state index < -0.39 is 0 Å². The van der Waals surface area contributed by atoms with Gasteiger partial charge in [0.25, 0.3) is 0 Å². The summed E-state index contributed by atoms with van der Waals surface area (Å²) in [6.07, 6.45) is 0. The predicted molar refractivity (Wildman–Crippen MR) is 81.6 cm³/mol. The number of carbonyl (C=O) groups is 2. The van der Waals surface area contributed by atoms with Crippen molar-refractivity contribution in [2.45, 2.75) is 13.5 Å². The van der Waals surface area contributed by atoms with Gasteiger partial charge in [-0.25, -0.2) is 4.79 Å². The fourth-order valence-electron chi connectivity index (χ4n) is 2.39. The standard InChI is InChI=1S/C15H17N5O3/c1-11-17-18-14(23-11)9-16-13(21)10-19-7-8-20(15(19)22)12-5-3-2-4-6-12/h2-6H,7-10H2,1H3,(H,16,21). The molecule has 3 amide bonds. The van der Waals surface area contributed by atoms with Gasteiger partial charge >= 0.3 is 6.03 Å². The Hall–Kier alpha value is -2.90. The Morgan fingerprint density at radius 1 is 1.26 bits per heavy atom. The van der Waals surface area contributed by atoms with Crippen molar-refractivity contribution in [1.29, 1.82) is 0 Å². The molecule has 2 aromatic rings. The monoisotopic (exact) mass is 315 g/mol. The van der Waals surface area contributed by atoms with Gasteiger partial charge in [0, 0.05) is 25.7 Å². The van der Waals surface area contributed by atoms with E-state index in [0.29, 0.717) is 24.9 Å². The predicted octanol–water partition coefficient (Wildman–Crippen LogP) is 0.936. The van der Waals surface area contributed by atoms with Crippen molar-refractivity contribution in [1.82, 2.24) is 20.4 Å². The summed E-state index contributed by atoms with van der Waals surface area (Å²) in [4.78, 5) is 27.5. The molecular formula is C15H17N5O3. The van der Waals surface area contributed by atoms with Crippen LogP contribution < -0.4 is 10.2 Å². The summed E-state index contributed by atoms with van der Waals surface area (Å²) in [7, 11) is 0. The number of rotatable bonds is 5. The average Bonchev–Trinajstić information content (AvgIpc) is 3.13. The maximum atomic E-state index is 12.4. The second kappa shape index (κ2) is 6.47. The fourth-order valence-corrected chi connectivity index (χ4v) is 2.39. The van der Waals surface area contributed by atoms with E-state index in [1.54, 1.807) is 11.8 Å². The van der Waals surface area contributed by atoms with Crippen LogP contribution in [0.5, 0.6) is 0 Å². The van der Waals surface area contributed by atoms with Crippen LogP contribution in [0.3, 0.4) is 0 Å². The van der Waals surface area contributed by atoms with Gasteiger partial charge in [0.1, 0.15) is 6.54 Å². The molecule has 0 aliphatic carbocycles. The molecular weight excluding hydrogens is 298 g/mol. The molecule has 0 atom stereocenters. The van der Waals surface area contributed by atoms with Crippen LogP contribution in [0, 0.1) is 6.92 Å². The zero-order valence-electron chi connectivity index (χ0n) is 12.7. The van der Waals surface area contributed by atoms with Crippen LogP contribution in [0.15, 0.2) is 34.7 Å². The van der Waals surface area contributed by atoms with E-state index in [9.17, 15) is 9.59 Å². The Balaban J connectivity index is 1.52. The maximum absolute atomic E-state index is 12.4. The van der Waals surface area contributed by atoms with E-state index in [1.165, 1.54) is 4.90 Å². The van der Waals surface area contributed by atoms with Crippen molar-refractivity contribution >= 4 is 17.6 Å². The summed E-state index contributed by atoms with van der Waals surface area (Å²) >= 11 is 0. The van der Waals surface area contributed by atoms with Crippen molar-refractivity contribution in [3.05, 3.63) is 42.1 Å². The Bertz CT molecular complexity index is 700. The molecule has 1 aromatic heterocycles. The van der Waals surface area contributed by atoms with Crippen LogP contribution in [0.25, 0.3) is 0 Å². The lowest BCUT2D eigenvalue weighted by molar-refractivity contribution is -0.121.